The van der Waals surface area contributed by atoms with Crippen molar-refractivity contribution in [2.24, 2.45) is 0 Å². The maximum atomic E-state index is 13.9. The number of nitrogens with zero attached hydrogens (tertiary/aromatic N) is 2. The number of hydrogen-bond donors (Lipinski definition) is 2. The third-order valence-corrected chi connectivity index (χ3v) is 4.52. The Morgan fingerprint density at radius 2 is 1.87 bits per heavy atom. The number of aromatic carboxylic acids is 1. The van der Waals surface area contributed by atoms with E-state index in [1.54, 1.807) is 19.0 Å². The summed E-state index contributed by atoms with van der Waals surface area (Å²) < 4.78 is 18.7. The number of anilines is 1. The van der Waals surface area contributed by atoms with Crippen molar-refractivity contribution in [1.29, 1.82) is 0 Å². The molecule has 1 heterocycles. The molecular formula is C15H20FN3O3S. The lowest BCUT2D eigenvalue weighted by Crippen LogP contribution is -2.30. The lowest BCUT2D eigenvalue weighted by Gasteiger charge is -2.25. The fourth-order valence-corrected chi connectivity index (χ4v) is 3.16. The normalized spacial score (nSPS) is 15.3. The molecule has 0 atom stereocenters. The van der Waals surface area contributed by atoms with Crippen LogP contribution in [-0.2, 0) is 0 Å². The molecule has 0 saturated carbocycles. The molecule has 1 aliphatic rings. The van der Waals surface area contributed by atoms with Crippen molar-refractivity contribution in [3.05, 3.63) is 29.1 Å². The number of amides is 1. The third-order valence-electron chi connectivity index (χ3n) is 3.62. The number of piperidine rings is 1. The van der Waals surface area contributed by atoms with Crippen LogP contribution in [0.2, 0.25) is 0 Å². The number of rotatable bonds is 5. The fraction of sp³-hybridized carbons (Fsp3) is 0.467. The van der Waals surface area contributed by atoms with Gasteiger partial charge in [-0.3, -0.25) is 9.52 Å². The summed E-state index contributed by atoms with van der Waals surface area (Å²) >= 11 is 1.21. The Kier molecular flexibility index (Phi) is 5.84. The second kappa shape index (κ2) is 7.65. The second-order valence-corrected chi connectivity index (χ2v) is 6.46. The lowest BCUT2D eigenvalue weighted by atomic mass is 10.1. The molecule has 6 nitrogen and oxygen atoms in total. The summed E-state index contributed by atoms with van der Waals surface area (Å²) in [5, 5.41) is 9.01. The molecule has 0 aliphatic carbocycles. The first-order valence-electron chi connectivity index (χ1n) is 7.36. The molecule has 0 aromatic heterocycles. The van der Waals surface area contributed by atoms with Crippen LogP contribution in [0.3, 0.4) is 0 Å². The van der Waals surface area contributed by atoms with Crippen LogP contribution in [0.15, 0.2) is 12.1 Å². The summed E-state index contributed by atoms with van der Waals surface area (Å²) in [5.74, 6) is -2.73. The topological polar surface area (TPSA) is 72.9 Å². The van der Waals surface area contributed by atoms with E-state index in [2.05, 4.69) is 9.03 Å². The minimum atomic E-state index is -1.36. The molecule has 8 heteroatoms. The lowest BCUT2D eigenvalue weighted by molar-refractivity contribution is 0.0691. The summed E-state index contributed by atoms with van der Waals surface area (Å²) in [7, 11) is 3.35. The first-order chi connectivity index (χ1) is 10.9. The Bertz CT molecular complexity index is 604. The summed E-state index contributed by atoms with van der Waals surface area (Å²) in [6.07, 6.45) is 3.37. The molecular weight excluding hydrogens is 321 g/mol. The first kappa shape index (κ1) is 17.6. The van der Waals surface area contributed by atoms with Crippen LogP contribution in [0.5, 0.6) is 0 Å². The SMILES string of the molecule is CN(C)c1cc(C(=O)O)c(F)cc1C(=O)NSN1CCCCC1. The fourth-order valence-electron chi connectivity index (χ4n) is 2.39. The van der Waals surface area contributed by atoms with Crippen LogP contribution in [0.1, 0.15) is 40.0 Å². The monoisotopic (exact) mass is 341 g/mol. The Hall–Kier alpha value is -1.80. The van der Waals surface area contributed by atoms with Crippen LogP contribution in [0.25, 0.3) is 0 Å². The van der Waals surface area contributed by atoms with Crippen molar-refractivity contribution in [2.75, 3.05) is 32.1 Å². The number of carboxylic acids is 1. The highest BCUT2D eigenvalue weighted by molar-refractivity contribution is 7.95. The van der Waals surface area contributed by atoms with Crippen molar-refractivity contribution in [3.8, 4) is 0 Å². The van der Waals surface area contributed by atoms with Gasteiger partial charge in [0.2, 0.25) is 0 Å². The molecule has 1 fully saturated rings. The van der Waals surface area contributed by atoms with Gasteiger partial charge in [-0.05, 0) is 25.0 Å². The van der Waals surface area contributed by atoms with E-state index in [9.17, 15) is 14.0 Å². The minimum absolute atomic E-state index is 0.113. The molecule has 0 radical (unpaired) electrons. The Morgan fingerprint density at radius 1 is 1.22 bits per heavy atom. The van der Waals surface area contributed by atoms with Crippen molar-refractivity contribution in [2.45, 2.75) is 19.3 Å². The van der Waals surface area contributed by atoms with Gasteiger partial charge >= 0.3 is 5.97 Å². The van der Waals surface area contributed by atoms with Gasteiger partial charge in [-0.2, -0.15) is 0 Å². The van der Waals surface area contributed by atoms with Crippen LogP contribution < -0.4 is 9.62 Å². The van der Waals surface area contributed by atoms with Crippen LogP contribution in [0.4, 0.5) is 10.1 Å². The number of carbonyl (C=O) groups excluding carboxylic acids is 1. The zero-order valence-corrected chi connectivity index (χ0v) is 14.0. The van der Waals surface area contributed by atoms with Gasteiger partial charge < -0.3 is 10.0 Å². The predicted molar refractivity (Wildman–Crippen MR) is 88.2 cm³/mol. The van der Waals surface area contributed by atoms with Gasteiger partial charge in [0, 0.05) is 39.3 Å². The second-order valence-electron chi connectivity index (χ2n) is 5.56. The van der Waals surface area contributed by atoms with E-state index < -0.39 is 23.3 Å². The van der Waals surface area contributed by atoms with Gasteiger partial charge in [0.25, 0.3) is 5.91 Å². The smallest absolute Gasteiger partial charge is 0.338 e. The summed E-state index contributed by atoms with van der Waals surface area (Å²) in [6.45, 7) is 1.80. The average Bonchev–Trinajstić information content (AvgIpc) is 2.52. The number of carbonyl (C=O) groups is 2. The van der Waals surface area contributed by atoms with E-state index in [1.807, 2.05) is 0 Å². The third kappa shape index (κ3) is 4.35. The van der Waals surface area contributed by atoms with E-state index >= 15 is 0 Å². The van der Waals surface area contributed by atoms with Gasteiger partial charge in [-0.15, -0.1) is 0 Å². The maximum absolute atomic E-state index is 13.9. The molecule has 1 aromatic rings. The maximum Gasteiger partial charge on any atom is 0.338 e. The summed E-state index contributed by atoms with van der Waals surface area (Å²) in [5.41, 5.74) is 0.0245. The molecule has 1 aromatic carbocycles. The van der Waals surface area contributed by atoms with Gasteiger partial charge in [0.05, 0.1) is 16.8 Å². The van der Waals surface area contributed by atoms with Crippen molar-refractivity contribution in [3.63, 3.8) is 0 Å². The number of benzene rings is 1. The van der Waals surface area contributed by atoms with Gasteiger partial charge in [-0.1, -0.05) is 6.42 Å². The van der Waals surface area contributed by atoms with E-state index in [-0.39, 0.29) is 5.56 Å². The molecule has 0 spiro atoms. The molecule has 2 N–H and O–H groups in total. The first-order valence-corrected chi connectivity index (χ1v) is 8.14. The van der Waals surface area contributed by atoms with Crippen LogP contribution in [0, 0.1) is 5.82 Å². The summed E-state index contributed by atoms with van der Waals surface area (Å²) in [4.78, 5) is 25.0. The Morgan fingerprint density at radius 3 is 2.43 bits per heavy atom. The summed E-state index contributed by atoms with van der Waals surface area (Å²) in [6, 6.07) is 2.16. The van der Waals surface area contributed by atoms with Gasteiger partial charge in [0.15, 0.2) is 0 Å². The highest BCUT2D eigenvalue weighted by atomic mass is 32.2. The number of nitrogens with one attached hydrogen (secondary N) is 1. The molecule has 1 saturated heterocycles. The van der Waals surface area contributed by atoms with Crippen molar-refractivity contribution < 1.29 is 19.1 Å². The molecule has 0 bridgehead atoms. The zero-order valence-electron chi connectivity index (χ0n) is 13.1. The van der Waals surface area contributed by atoms with Crippen molar-refractivity contribution in [1.82, 2.24) is 9.03 Å². The highest BCUT2D eigenvalue weighted by Crippen LogP contribution is 2.24. The Labute approximate surface area is 138 Å². The van der Waals surface area contributed by atoms with E-state index in [0.717, 1.165) is 32.0 Å². The quantitative estimate of drug-likeness (QED) is 0.801. The highest BCUT2D eigenvalue weighted by Gasteiger charge is 2.21. The van der Waals surface area contributed by atoms with E-state index in [0.29, 0.717) is 5.69 Å². The van der Waals surface area contributed by atoms with Gasteiger partial charge in [-0.25, -0.2) is 13.5 Å². The molecule has 1 aliphatic heterocycles. The number of halogens is 1. The molecule has 1 amide bonds. The van der Waals surface area contributed by atoms with Crippen LogP contribution >= 0.6 is 12.1 Å². The zero-order chi connectivity index (χ0) is 17.0. The molecule has 0 unspecified atom stereocenters. The molecule has 126 valence electrons. The van der Waals surface area contributed by atoms with E-state index in [1.165, 1.54) is 24.6 Å². The van der Waals surface area contributed by atoms with Gasteiger partial charge in [0.1, 0.15) is 5.82 Å². The van der Waals surface area contributed by atoms with Crippen molar-refractivity contribution >= 4 is 29.7 Å². The standard InChI is InChI=1S/C15H20FN3O3S/c1-18(2)13-9-10(15(21)22)12(16)8-11(13)14(20)17-23-19-6-4-3-5-7-19/h8-9H,3-7H2,1-2H3,(H,17,20)(H,21,22). The number of hydrogen-bond acceptors (Lipinski definition) is 5. The number of carboxylic acid groups (broad SMARTS) is 1. The Balaban J connectivity index is 2.17. The largest absolute Gasteiger partial charge is 0.478 e. The average molecular weight is 341 g/mol. The molecule has 23 heavy (non-hydrogen) atoms. The predicted octanol–water partition coefficient (Wildman–Crippen LogP) is 2.37. The minimum Gasteiger partial charge on any atom is -0.478 e. The van der Waals surface area contributed by atoms with Crippen LogP contribution in [-0.4, -0.2) is 48.5 Å². The molecule has 2 rings (SSSR count). The van der Waals surface area contributed by atoms with E-state index in [4.69, 9.17) is 5.11 Å².